The molecule has 0 amide bonds. The van der Waals surface area contributed by atoms with Crippen LogP contribution in [0.1, 0.15) is 11.1 Å². The lowest BCUT2D eigenvalue weighted by molar-refractivity contribution is 0.473. The molecule has 2 rings (SSSR count). The summed E-state index contributed by atoms with van der Waals surface area (Å²) in [4.78, 5) is 0. The normalized spacial score (nSPS) is 10.4. The molecule has 0 aliphatic carbocycles. The van der Waals surface area contributed by atoms with Crippen molar-refractivity contribution in [2.75, 3.05) is 0 Å². The molecule has 18 heavy (non-hydrogen) atoms. The quantitative estimate of drug-likeness (QED) is 0.924. The second kappa shape index (κ2) is 5.50. The fourth-order valence-corrected chi connectivity index (χ4v) is 2.19. The maximum Gasteiger partial charge on any atom is 0.141 e. The summed E-state index contributed by atoms with van der Waals surface area (Å²) in [6, 6.07) is 10.2. The average molecular weight is 310 g/mol. The third-order valence-electron chi connectivity index (χ3n) is 2.48. The molecule has 0 bridgehead atoms. The van der Waals surface area contributed by atoms with Crippen molar-refractivity contribution in [2.24, 2.45) is 5.73 Å². The van der Waals surface area contributed by atoms with Crippen LogP contribution < -0.4 is 10.5 Å². The van der Waals surface area contributed by atoms with Crippen LogP contribution in [-0.2, 0) is 6.54 Å². The highest BCUT2D eigenvalue weighted by Crippen LogP contribution is 2.31. The number of rotatable bonds is 3. The molecular formula is C14H13BrFNO. The molecule has 4 heteroatoms. The highest BCUT2D eigenvalue weighted by molar-refractivity contribution is 9.10. The molecule has 0 radical (unpaired) electrons. The Morgan fingerprint density at radius 3 is 2.67 bits per heavy atom. The Kier molecular flexibility index (Phi) is 3.99. The van der Waals surface area contributed by atoms with Crippen LogP contribution in [0.15, 0.2) is 40.9 Å². The van der Waals surface area contributed by atoms with E-state index in [9.17, 15) is 4.39 Å². The van der Waals surface area contributed by atoms with Crippen molar-refractivity contribution < 1.29 is 9.13 Å². The molecule has 0 unspecified atom stereocenters. The Morgan fingerprint density at radius 1 is 1.22 bits per heavy atom. The Morgan fingerprint density at radius 2 is 2.00 bits per heavy atom. The van der Waals surface area contributed by atoms with Gasteiger partial charge >= 0.3 is 0 Å². The maximum atomic E-state index is 13.3. The fraction of sp³-hybridized carbons (Fsp3) is 0.143. The van der Waals surface area contributed by atoms with E-state index in [2.05, 4.69) is 15.9 Å². The topological polar surface area (TPSA) is 35.2 Å². The van der Waals surface area contributed by atoms with E-state index in [1.54, 1.807) is 6.07 Å². The zero-order chi connectivity index (χ0) is 13.1. The minimum absolute atomic E-state index is 0.281. The molecule has 0 heterocycles. The predicted molar refractivity (Wildman–Crippen MR) is 73.2 cm³/mol. The van der Waals surface area contributed by atoms with Gasteiger partial charge in [-0.2, -0.15) is 0 Å². The van der Waals surface area contributed by atoms with Crippen molar-refractivity contribution in [1.82, 2.24) is 0 Å². The first-order valence-corrected chi connectivity index (χ1v) is 6.31. The number of nitrogens with two attached hydrogens (primary N) is 1. The molecule has 0 aromatic heterocycles. The standard InChI is InChI=1S/C14H13BrFNO/c1-9-2-3-14(13(15)4-9)18-12-6-10(8-17)5-11(16)7-12/h2-7H,8,17H2,1H3. The summed E-state index contributed by atoms with van der Waals surface area (Å²) < 4.78 is 19.8. The number of hydrogen-bond donors (Lipinski definition) is 1. The van der Waals surface area contributed by atoms with Gasteiger partial charge in [-0.15, -0.1) is 0 Å². The SMILES string of the molecule is Cc1ccc(Oc2cc(F)cc(CN)c2)c(Br)c1. The molecule has 94 valence electrons. The van der Waals surface area contributed by atoms with Gasteiger partial charge in [0.15, 0.2) is 0 Å². The van der Waals surface area contributed by atoms with E-state index >= 15 is 0 Å². The first-order chi connectivity index (χ1) is 8.58. The van der Waals surface area contributed by atoms with Gasteiger partial charge < -0.3 is 10.5 Å². The highest BCUT2D eigenvalue weighted by atomic mass is 79.9. The monoisotopic (exact) mass is 309 g/mol. The molecule has 2 aromatic rings. The summed E-state index contributed by atoms with van der Waals surface area (Å²) in [6.07, 6.45) is 0. The first-order valence-electron chi connectivity index (χ1n) is 5.52. The molecule has 0 aliphatic rings. The molecule has 0 spiro atoms. The van der Waals surface area contributed by atoms with Crippen LogP contribution in [0.5, 0.6) is 11.5 Å². The Bertz CT molecular complexity index is 572. The van der Waals surface area contributed by atoms with Crippen molar-refractivity contribution in [2.45, 2.75) is 13.5 Å². The molecule has 0 saturated heterocycles. The van der Waals surface area contributed by atoms with Crippen LogP contribution in [0.4, 0.5) is 4.39 Å². The molecule has 0 aliphatic heterocycles. The summed E-state index contributed by atoms with van der Waals surface area (Å²) in [7, 11) is 0. The smallest absolute Gasteiger partial charge is 0.141 e. The molecule has 0 atom stereocenters. The minimum Gasteiger partial charge on any atom is -0.456 e. The van der Waals surface area contributed by atoms with Crippen molar-refractivity contribution in [3.63, 3.8) is 0 Å². The Labute approximate surface area is 114 Å². The fourth-order valence-electron chi connectivity index (χ4n) is 1.61. The van der Waals surface area contributed by atoms with Crippen LogP contribution >= 0.6 is 15.9 Å². The van der Waals surface area contributed by atoms with Crippen LogP contribution in [-0.4, -0.2) is 0 Å². The number of benzene rings is 2. The first kappa shape index (κ1) is 13.1. The number of aryl methyl sites for hydroxylation is 1. The molecule has 2 aromatic carbocycles. The number of hydrogen-bond acceptors (Lipinski definition) is 2. The van der Waals surface area contributed by atoms with Gasteiger partial charge in [0.1, 0.15) is 17.3 Å². The second-order valence-electron chi connectivity index (χ2n) is 4.04. The summed E-state index contributed by atoms with van der Waals surface area (Å²) in [5.41, 5.74) is 7.32. The third-order valence-corrected chi connectivity index (χ3v) is 3.10. The van der Waals surface area contributed by atoms with Gasteiger partial charge in [-0.25, -0.2) is 4.39 Å². The summed E-state index contributed by atoms with van der Waals surface area (Å²) in [5, 5.41) is 0. The lowest BCUT2D eigenvalue weighted by Gasteiger charge is -2.09. The van der Waals surface area contributed by atoms with Crippen LogP contribution in [0, 0.1) is 12.7 Å². The number of halogens is 2. The van der Waals surface area contributed by atoms with Crippen molar-refractivity contribution in [1.29, 1.82) is 0 Å². The van der Waals surface area contributed by atoms with Gasteiger partial charge in [0.2, 0.25) is 0 Å². The van der Waals surface area contributed by atoms with Gasteiger partial charge in [0.05, 0.1) is 4.47 Å². The number of ether oxygens (including phenoxy) is 1. The molecule has 0 fully saturated rings. The minimum atomic E-state index is -0.351. The van der Waals surface area contributed by atoms with E-state index in [1.807, 2.05) is 25.1 Å². The average Bonchev–Trinajstić information content (AvgIpc) is 2.32. The lowest BCUT2D eigenvalue weighted by atomic mass is 10.2. The van der Waals surface area contributed by atoms with Crippen LogP contribution in [0.25, 0.3) is 0 Å². The van der Waals surface area contributed by atoms with E-state index in [4.69, 9.17) is 10.5 Å². The van der Waals surface area contributed by atoms with Gasteiger partial charge in [-0.05, 0) is 58.2 Å². The summed E-state index contributed by atoms with van der Waals surface area (Å²) >= 11 is 3.42. The van der Waals surface area contributed by atoms with Crippen molar-refractivity contribution in [3.8, 4) is 11.5 Å². The third kappa shape index (κ3) is 3.09. The van der Waals surface area contributed by atoms with Gasteiger partial charge in [-0.1, -0.05) is 6.07 Å². The van der Waals surface area contributed by atoms with Crippen LogP contribution in [0.2, 0.25) is 0 Å². The van der Waals surface area contributed by atoms with Gasteiger partial charge in [0.25, 0.3) is 0 Å². The molecule has 2 nitrogen and oxygen atoms in total. The molecule has 2 N–H and O–H groups in total. The molecular weight excluding hydrogens is 297 g/mol. The van der Waals surface area contributed by atoms with Crippen LogP contribution in [0.3, 0.4) is 0 Å². The van der Waals surface area contributed by atoms with E-state index in [0.717, 1.165) is 10.0 Å². The predicted octanol–water partition coefficient (Wildman–Crippen LogP) is 4.15. The maximum absolute atomic E-state index is 13.3. The summed E-state index contributed by atoms with van der Waals surface area (Å²) in [5.74, 6) is 0.741. The van der Waals surface area contributed by atoms with Crippen molar-refractivity contribution in [3.05, 3.63) is 57.8 Å². The Balaban J connectivity index is 2.30. The van der Waals surface area contributed by atoms with E-state index in [0.29, 0.717) is 17.1 Å². The summed E-state index contributed by atoms with van der Waals surface area (Å²) in [6.45, 7) is 2.27. The highest BCUT2D eigenvalue weighted by Gasteiger charge is 2.05. The van der Waals surface area contributed by atoms with E-state index in [-0.39, 0.29) is 12.4 Å². The Hall–Kier alpha value is -1.39. The van der Waals surface area contributed by atoms with E-state index in [1.165, 1.54) is 12.1 Å². The van der Waals surface area contributed by atoms with Gasteiger partial charge in [-0.3, -0.25) is 0 Å². The zero-order valence-electron chi connectivity index (χ0n) is 9.91. The zero-order valence-corrected chi connectivity index (χ0v) is 11.5. The van der Waals surface area contributed by atoms with Gasteiger partial charge in [0, 0.05) is 12.6 Å². The second-order valence-corrected chi connectivity index (χ2v) is 4.89. The van der Waals surface area contributed by atoms with Crippen molar-refractivity contribution >= 4 is 15.9 Å². The largest absolute Gasteiger partial charge is 0.456 e. The molecule has 0 saturated carbocycles. The van der Waals surface area contributed by atoms with E-state index < -0.39 is 0 Å². The lowest BCUT2D eigenvalue weighted by Crippen LogP contribution is -1.97.